The van der Waals surface area contributed by atoms with Crippen LogP contribution in [0.5, 0.6) is 0 Å². The number of carbonyl (C=O) groups is 1. The summed E-state index contributed by atoms with van der Waals surface area (Å²) < 4.78 is 0. The van der Waals surface area contributed by atoms with Gasteiger partial charge in [-0.1, -0.05) is 33.8 Å². The molecular formula is C15H23NO2S. The Kier molecular flexibility index (Phi) is 5.73. The largest absolute Gasteiger partial charge is 0.478 e. The van der Waals surface area contributed by atoms with Crippen molar-refractivity contribution in [3.8, 4) is 0 Å². The number of hydrogen-bond donors (Lipinski definition) is 2. The molecule has 0 bridgehead atoms. The Morgan fingerprint density at radius 1 is 1.37 bits per heavy atom. The highest BCUT2D eigenvalue weighted by Crippen LogP contribution is 2.29. The molecule has 19 heavy (non-hydrogen) atoms. The number of hydrogen-bond acceptors (Lipinski definition) is 3. The lowest BCUT2D eigenvalue weighted by Gasteiger charge is -2.19. The molecule has 4 heteroatoms. The molecule has 0 unspecified atom stereocenters. The van der Waals surface area contributed by atoms with Crippen molar-refractivity contribution in [3.63, 3.8) is 0 Å². The fourth-order valence-electron chi connectivity index (χ4n) is 1.75. The van der Waals surface area contributed by atoms with Crippen LogP contribution in [0.4, 0.5) is 5.69 Å². The van der Waals surface area contributed by atoms with Crippen LogP contribution in [0, 0.1) is 5.41 Å². The Labute approximate surface area is 119 Å². The molecule has 0 heterocycles. The Morgan fingerprint density at radius 2 is 2.05 bits per heavy atom. The van der Waals surface area contributed by atoms with Crippen LogP contribution in [0.1, 0.15) is 44.5 Å². The molecule has 0 aliphatic rings. The van der Waals surface area contributed by atoms with Crippen LogP contribution in [0.25, 0.3) is 0 Å². The summed E-state index contributed by atoms with van der Waals surface area (Å²) in [6.07, 6.45) is 0.997. The van der Waals surface area contributed by atoms with Gasteiger partial charge < -0.3 is 10.4 Å². The fraction of sp³-hybridized carbons (Fsp3) is 0.533. The number of thioether (sulfide) groups is 1. The zero-order valence-corrected chi connectivity index (χ0v) is 12.9. The molecule has 0 saturated heterocycles. The maximum Gasteiger partial charge on any atom is 0.338 e. The maximum absolute atomic E-state index is 11.4. The van der Waals surface area contributed by atoms with Gasteiger partial charge in [0.15, 0.2) is 0 Å². The molecule has 0 aliphatic carbocycles. The number of benzene rings is 1. The third kappa shape index (κ3) is 5.15. The molecule has 0 amide bonds. The molecule has 0 aromatic heterocycles. The minimum atomic E-state index is -0.866. The zero-order chi connectivity index (χ0) is 14.5. The first-order chi connectivity index (χ1) is 8.85. The van der Waals surface area contributed by atoms with Crippen molar-refractivity contribution in [2.24, 2.45) is 5.41 Å². The van der Waals surface area contributed by atoms with E-state index >= 15 is 0 Å². The summed E-state index contributed by atoms with van der Waals surface area (Å²) in [5.74, 6) is 0.000872. The van der Waals surface area contributed by atoms with E-state index in [0.29, 0.717) is 5.56 Å². The topological polar surface area (TPSA) is 49.3 Å². The van der Waals surface area contributed by atoms with Gasteiger partial charge in [-0.25, -0.2) is 4.79 Å². The lowest BCUT2D eigenvalue weighted by Crippen LogP contribution is -2.15. The molecule has 2 N–H and O–H groups in total. The normalized spacial score (nSPS) is 11.4. The molecular weight excluding hydrogens is 258 g/mol. The Balaban J connectivity index is 2.87. The summed E-state index contributed by atoms with van der Waals surface area (Å²) in [5.41, 5.74) is 1.35. The van der Waals surface area contributed by atoms with Gasteiger partial charge in [0, 0.05) is 17.1 Å². The van der Waals surface area contributed by atoms with Crippen molar-refractivity contribution >= 4 is 23.4 Å². The third-order valence-corrected chi connectivity index (χ3v) is 3.67. The van der Waals surface area contributed by atoms with Crippen LogP contribution < -0.4 is 5.32 Å². The van der Waals surface area contributed by atoms with Crippen LogP contribution >= 0.6 is 11.8 Å². The first-order valence-corrected chi connectivity index (χ1v) is 7.56. The second kappa shape index (κ2) is 6.85. The van der Waals surface area contributed by atoms with Gasteiger partial charge in [0.25, 0.3) is 0 Å². The predicted octanol–water partition coefficient (Wildman–Crippen LogP) is 4.34. The minimum Gasteiger partial charge on any atom is -0.478 e. The summed E-state index contributed by atoms with van der Waals surface area (Å²) in [4.78, 5) is 12.3. The van der Waals surface area contributed by atoms with E-state index in [9.17, 15) is 9.90 Å². The van der Waals surface area contributed by atoms with Crippen LogP contribution in [-0.4, -0.2) is 23.4 Å². The quantitative estimate of drug-likeness (QED) is 0.761. The zero-order valence-electron chi connectivity index (χ0n) is 12.1. The van der Waals surface area contributed by atoms with Crippen molar-refractivity contribution in [2.75, 3.05) is 17.6 Å². The monoisotopic (exact) mass is 281 g/mol. The summed E-state index contributed by atoms with van der Waals surface area (Å²) in [5, 5.41) is 12.6. The Bertz CT molecular complexity index is 438. The second-order valence-electron chi connectivity index (χ2n) is 5.65. The van der Waals surface area contributed by atoms with Crippen LogP contribution in [0.3, 0.4) is 0 Å². The van der Waals surface area contributed by atoms with Gasteiger partial charge in [-0.15, -0.1) is 11.8 Å². The molecule has 0 radical (unpaired) electrons. The van der Waals surface area contributed by atoms with E-state index in [1.54, 1.807) is 11.8 Å². The predicted molar refractivity (Wildman–Crippen MR) is 82.4 cm³/mol. The van der Waals surface area contributed by atoms with E-state index < -0.39 is 5.97 Å². The van der Waals surface area contributed by atoms with Crippen LogP contribution in [-0.2, 0) is 0 Å². The Hall–Kier alpha value is -1.16. The Morgan fingerprint density at radius 3 is 2.58 bits per heavy atom. The maximum atomic E-state index is 11.4. The van der Waals surface area contributed by atoms with Gasteiger partial charge in [-0.2, -0.15) is 0 Å². The molecule has 106 valence electrons. The summed E-state index contributed by atoms with van der Waals surface area (Å²) in [7, 11) is 0. The fourth-order valence-corrected chi connectivity index (χ4v) is 2.57. The van der Waals surface area contributed by atoms with Crippen LogP contribution in [0.2, 0.25) is 0 Å². The number of carboxylic acids is 1. The molecule has 3 nitrogen and oxygen atoms in total. The van der Waals surface area contributed by atoms with E-state index in [1.807, 2.05) is 25.1 Å². The third-order valence-electron chi connectivity index (χ3n) is 2.73. The van der Waals surface area contributed by atoms with E-state index in [4.69, 9.17) is 0 Å². The van der Waals surface area contributed by atoms with Gasteiger partial charge in [0.2, 0.25) is 0 Å². The summed E-state index contributed by atoms with van der Waals surface area (Å²) >= 11 is 1.56. The van der Waals surface area contributed by atoms with E-state index in [-0.39, 0.29) is 5.41 Å². The first-order valence-electron chi connectivity index (χ1n) is 6.58. The smallest absolute Gasteiger partial charge is 0.338 e. The number of aromatic carboxylic acids is 1. The van der Waals surface area contributed by atoms with Crippen LogP contribution in [0.15, 0.2) is 23.1 Å². The van der Waals surface area contributed by atoms with Gasteiger partial charge >= 0.3 is 5.97 Å². The highest BCUT2D eigenvalue weighted by molar-refractivity contribution is 7.99. The van der Waals surface area contributed by atoms with Crippen molar-refractivity contribution in [3.05, 3.63) is 23.8 Å². The second-order valence-corrected chi connectivity index (χ2v) is 6.96. The molecule has 0 spiro atoms. The van der Waals surface area contributed by atoms with Crippen molar-refractivity contribution in [2.45, 2.75) is 39.0 Å². The number of nitrogens with one attached hydrogen (secondary N) is 1. The lowest BCUT2D eigenvalue weighted by atomic mass is 9.92. The molecule has 1 aromatic carbocycles. The SMILES string of the molecule is CCSc1cccc(NCCC(C)(C)C)c1C(=O)O. The van der Waals surface area contributed by atoms with Gasteiger partial charge in [0.1, 0.15) is 0 Å². The van der Waals surface area contributed by atoms with E-state index in [0.717, 1.165) is 29.3 Å². The number of anilines is 1. The average Bonchev–Trinajstić information content (AvgIpc) is 2.27. The molecule has 0 atom stereocenters. The standard InChI is InChI=1S/C15H23NO2S/c1-5-19-12-8-6-7-11(13(12)14(17)18)16-10-9-15(2,3)4/h6-8,16H,5,9-10H2,1-4H3,(H,17,18). The molecule has 0 aliphatic heterocycles. The first kappa shape index (κ1) is 15.9. The molecule has 0 saturated carbocycles. The van der Waals surface area contributed by atoms with E-state index in [1.165, 1.54) is 0 Å². The van der Waals surface area contributed by atoms with Crippen molar-refractivity contribution in [1.29, 1.82) is 0 Å². The van der Waals surface area contributed by atoms with E-state index in [2.05, 4.69) is 26.1 Å². The van der Waals surface area contributed by atoms with Gasteiger partial charge in [0.05, 0.1) is 5.56 Å². The van der Waals surface area contributed by atoms with Gasteiger partial charge in [-0.3, -0.25) is 0 Å². The van der Waals surface area contributed by atoms with Crippen molar-refractivity contribution in [1.82, 2.24) is 0 Å². The lowest BCUT2D eigenvalue weighted by molar-refractivity contribution is 0.0694. The summed E-state index contributed by atoms with van der Waals surface area (Å²) in [6, 6.07) is 5.61. The minimum absolute atomic E-state index is 0.242. The highest BCUT2D eigenvalue weighted by Gasteiger charge is 2.16. The highest BCUT2D eigenvalue weighted by atomic mass is 32.2. The van der Waals surface area contributed by atoms with Gasteiger partial charge in [-0.05, 0) is 29.7 Å². The molecule has 1 rings (SSSR count). The number of rotatable bonds is 6. The average molecular weight is 281 g/mol. The number of carboxylic acid groups (broad SMARTS) is 1. The van der Waals surface area contributed by atoms with Crippen molar-refractivity contribution < 1.29 is 9.90 Å². The molecule has 0 fully saturated rings. The molecule has 1 aromatic rings. The summed E-state index contributed by atoms with van der Waals surface area (Å²) in [6.45, 7) is 9.34.